The molecule has 0 saturated heterocycles. The van der Waals surface area contributed by atoms with Crippen molar-refractivity contribution in [2.45, 2.75) is 64.7 Å². The standard InChI is InChI=1S/C18H32N4O7S/c1-5-9(4)14(17(27)20-11(7-30)18(28)29)22-16(26)13(8(2)3)21-15(25)10(19)6-12(23)24/h8-11,13-14,30H,5-7,19H2,1-4H3,(H,20,27)(H,21,25)(H,22,26)(H,23,24)(H,28,29). The minimum atomic E-state index is -1.34. The molecule has 0 fully saturated rings. The zero-order chi connectivity index (χ0) is 23.6. The molecule has 0 spiro atoms. The Hall–Kier alpha value is -2.34. The number of rotatable bonds is 13. The van der Waals surface area contributed by atoms with E-state index in [0.29, 0.717) is 6.42 Å². The van der Waals surface area contributed by atoms with Gasteiger partial charge in [-0.2, -0.15) is 12.6 Å². The summed E-state index contributed by atoms with van der Waals surface area (Å²) in [4.78, 5) is 59.4. The number of carboxylic acid groups (broad SMARTS) is 2. The van der Waals surface area contributed by atoms with Crippen LogP contribution in [0.5, 0.6) is 0 Å². The van der Waals surface area contributed by atoms with Crippen molar-refractivity contribution in [3.05, 3.63) is 0 Å². The highest BCUT2D eigenvalue weighted by Crippen LogP contribution is 2.11. The van der Waals surface area contributed by atoms with E-state index in [2.05, 4.69) is 28.6 Å². The molecular weight excluding hydrogens is 416 g/mol. The quantitative estimate of drug-likeness (QED) is 0.174. The molecule has 0 aromatic carbocycles. The summed E-state index contributed by atoms with van der Waals surface area (Å²) in [5.74, 6) is -5.53. The minimum Gasteiger partial charge on any atom is -0.481 e. The fourth-order valence-corrected chi connectivity index (χ4v) is 2.72. The van der Waals surface area contributed by atoms with Crippen LogP contribution in [0.4, 0.5) is 0 Å². The zero-order valence-electron chi connectivity index (χ0n) is 17.5. The van der Waals surface area contributed by atoms with Crippen molar-refractivity contribution in [1.29, 1.82) is 0 Å². The van der Waals surface area contributed by atoms with Gasteiger partial charge in [-0.1, -0.05) is 34.1 Å². The number of hydrogen-bond acceptors (Lipinski definition) is 7. The van der Waals surface area contributed by atoms with Crippen molar-refractivity contribution in [3.8, 4) is 0 Å². The Morgan fingerprint density at radius 2 is 1.40 bits per heavy atom. The third-order valence-corrected chi connectivity index (χ3v) is 4.93. The maximum Gasteiger partial charge on any atom is 0.327 e. The molecule has 0 aromatic rings. The minimum absolute atomic E-state index is 0.131. The van der Waals surface area contributed by atoms with Crippen molar-refractivity contribution >= 4 is 42.3 Å². The van der Waals surface area contributed by atoms with Gasteiger partial charge in [-0.25, -0.2) is 4.79 Å². The molecule has 3 amide bonds. The van der Waals surface area contributed by atoms with E-state index in [9.17, 15) is 24.0 Å². The number of hydrogen-bond donors (Lipinski definition) is 7. The van der Waals surface area contributed by atoms with Gasteiger partial charge in [0.25, 0.3) is 0 Å². The first-order chi connectivity index (χ1) is 13.8. The average Bonchev–Trinajstić information content (AvgIpc) is 2.65. The van der Waals surface area contributed by atoms with Crippen LogP contribution in [-0.4, -0.2) is 69.8 Å². The third-order valence-electron chi connectivity index (χ3n) is 4.57. The normalized spacial score (nSPS) is 16.0. The van der Waals surface area contributed by atoms with Gasteiger partial charge in [0.05, 0.1) is 12.5 Å². The number of amides is 3. The van der Waals surface area contributed by atoms with Crippen LogP contribution in [-0.2, 0) is 24.0 Å². The lowest BCUT2D eigenvalue weighted by Crippen LogP contribution is -2.60. The van der Waals surface area contributed by atoms with Crippen LogP contribution in [0.25, 0.3) is 0 Å². The predicted molar refractivity (Wildman–Crippen MR) is 112 cm³/mol. The summed E-state index contributed by atoms with van der Waals surface area (Å²) in [5.41, 5.74) is 5.53. The number of thiol groups is 1. The van der Waals surface area contributed by atoms with Gasteiger partial charge in [0, 0.05) is 5.75 Å². The van der Waals surface area contributed by atoms with Gasteiger partial charge in [0.15, 0.2) is 0 Å². The van der Waals surface area contributed by atoms with Crippen LogP contribution in [0, 0.1) is 11.8 Å². The van der Waals surface area contributed by atoms with Gasteiger partial charge in [-0.15, -0.1) is 0 Å². The molecule has 0 saturated carbocycles. The molecule has 11 nitrogen and oxygen atoms in total. The number of carbonyl (C=O) groups excluding carboxylic acids is 3. The maximum atomic E-state index is 12.8. The second kappa shape index (κ2) is 13.1. The highest BCUT2D eigenvalue weighted by Gasteiger charge is 2.33. The van der Waals surface area contributed by atoms with E-state index in [0.717, 1.165) is 0 Å². The molecule has 0 heterocycles. The molecule has 5 unspecified atom stereocenters. The number of carbonyl (C=O) groups is 5. The second-order valence-corrected chi connectivity index (χ2v) is 7.75. The lowest BCUT2D eigenvalue weighted by atomic mass is 9.96. The molecule has 0 radical (unpaired) electrons. The van der Waals surface area contributed by atoms with Gasteiger partial charge in [0.2, 0.25) is 17.7 Å². The number of nitrogens with two attached hydrogens (primary N) is 1. The molecule has 12 heteroatoms. The van der Waals surface area contributed by atoms with E-state index in [1.54, 1.807) is 27.7 Å². The SMILES string of the molecule is CCC(C)C(NC(=O)C(NC(=O)C(N)CC(=O)O)C(C)C)C(=O)NC(CS)C(=O)O. The second-order valence-electron chi connectivity index (χ2n) is 7.39. The molecule has 5 atom stereocenters. The first kappa shape index (κ1) is 27.7. The molecule has 0 bridgehead atoms. The summed E-state index contributed by atoms with van der Waals surface area (Å²) >= 11 is 3.90. The van der Waals surface area contributed by atoms with Crippen molar-refractivity contribution in [3.63, 3.8) is 0 Å². The largest absolute Gasteiger partial charge is 0.481 e. The molecular formula is C18H32N4O7S. The highest BCUT2D eigenvalue weighted by atomic mass is 32.1. The monoisotopic (exact) mass is 448 g/mol. The van der Waals surface area contributed by atoms with Crippen LogP contribution >= 0.6 is 12.6 Å². The van der Waals surface area contributed by atoms with Crippen molar-refractivity contribution < 1.29 is 34.2 Å². The van der Waals surface area contributed by atoms with Crippen LogP contribution in [0.2, 0.25) is 0 Å². The topological polar surface area (TPSA) is 188 Å². The predicted octanol–water partition coefficient (Wildman–Crippen LogP) is -1.04. The van der Waals surface area contributed by atoms with Gasteiger partial charge in [-0.05, 0) is 11.8 Å². The van der Waals surface area contributed by atoms with Crippen molar-refractivity contribution in [2.24, 2.45) is 17.6 Å². The van der Waals surface area contributed by atoms with E-state index in [4.69, 9.17) is 15.9 Å². The average molecular weight is 449 g/mol. The Balaban J connectivity index is 5.41. The number of nitrogens with one attached hydrogen (secondary N) is 3. The van der Waals surface area contributed by atoms with Crippen LogP contribution in [0.1, 0.15) is 40.5 Å². The summed E-state index contributed by atoms with van der Waals surface area (Å²) in [6, 6.07) is -4.68. The lowest BCUT2D eigenvalue weighted by molar-refractivity contribution is -0.142. The summed E-state index contributed by atoms with van der Waals surface area (Å²) in [6.45, 7) is 6.84. The summed E-state index contributed by atoms with van der Waals surface area (Å²) in [6.07, 6.45) is -0.0877. The number of aliphatic carboxylic acids is 2. The zero-order valence-corrected chi connectivity index (χ0v) is 18.4. The van der Waals surface area contributed by atoms with Crippen LogP contribution < -0.4 is 21.7 Å². The van der Waals surface area contributed by atoms with E-state index < -0.39 is 66.2 Å². The smallest absolute Gasteiger partial charge is 0.327 e. The molecule has 172 valence electrons. The first-order valence-corrected chi connectivity index (χ1v) is 10.2. The van der Waals surface area contributed by atoms with Crippen LogP contribution in [0.15, 0.2) is 0 Å². The van der Waals surface area contributed by atoms with Gasteiger partial charge < -0.3 is 31.9 Å². The third kappa shape index (κ3) is 8.99. The fraction of sp³-hybridized carbons (Fsp3) is 0.722. The molecule has 7 N–H and O–H groups in total. The molecule has 0 aromatic heterocycles. The van der Waals surface area contributed by atoms with Gasteiger partial charge in [0.1, 0.15) is 18.1 Å². The van der Waals surface area contributed by atoms with Crippen molar-refractivity contribution in [2.75, 3.05) is 5.75 Å². The Morgan fingerprint density at radius 1 is 0.900 bits per heavy atom. The van der Waals surface area contributed by atoms with Crippen LogP contribution in [0.3, 0.4) is 0 Å². The Morgan fingerprint density at radius 3 is 1.80 bits per heavy atom. The fourth-order valence-electron chi connectivity index (χ4n) is 2.47. The van der Waals surface area contributed by atoms with E-state index in [-0.39, 0.29) is 11.7 Å². The summed E-state index contributed by atoms with van der Waals surface area (Å²) in [5, 5.41) is 25.2. The Labute approximate surface area is 180 Å². The maximum absolute atomic E-state index is 12.8. The Kier molecular flexibility index (Phi) is 12.0. The summed E-state index contributed by atoms with van der Waals surface area (Å²) in [7, 11) is 0. The molecule has 0 aliphatic heterocycles. The molecule has 30 heavy (non-hydrogen) atoms. The lowest BCUT2D eigenvalue weighted by Gasteiger charge is -2.29. The molecule has 0 aliphatic rings. The van der Waals surface area contributed by atoms with E-state index >= 15 is 0 Å². The number of carboxylic acids is 2. The highest BCUT2D eigenvalue weighted by molar-refractivity contribution is 7.80. The summed E-state index contributed by atoms with van der Waals surface area (Å²) < 4.78 is 0. The van der Waals surface area contributed by atoms with E-state index in [1.807, 2.05) is 0 Å². The Bertz CT molecular complexity index is 644. The molecule has 0 rings (SSSR count). The molecule has 0 aliphatic carbocycles. The van der Waals surface area contributed by atoms with Gasteiger partial charge >= 0.3 is 11.9 Å². The first-order valence-electron chi connectivity index (χ1n) is 9.57. The van der Waals surface area contributed by atoms with E-state index in [1.165, 1.54) is 0 Å². The van der Waals surface area contributed by atoms with Gasteiger partial charge in [-0.3, -0.25) is 19.2 Å². The van der Waals surface area contributed by atoms with Crippen molar-refractivity contribution in [1.82, 2.24) is 16.0 Å².